The molecule has 0 saturated carbocycles. The molecule has 0 rings (SSSR count). The number of carbonyl (C=O) groups is 1. The summed E-state index contributed by atoms with van der Waals surface area (Å²) < 4.78 is 23.3. The summed E-state index contributed by atoms with van der Waals surface area (Å²) in [6.07, 6.45) is 2.26. The summed E-state index contributed by atoms with van der Waals surface area (Å²) in [6.45, 7) is 6.48. The van der Waals surface area contributed by atoms with Gasteiger partial charge in [-0.3, -0.25) is 0 Å². The SMILES string of the molecule is CCCC.CCOC(=O)OCCCO[P+](=O)O. The molecule has 1 N–H and O–H groups in total. The average Bonchev–Trinajstić information content (AvgIpc) is 2.29. The maximum atomic E-state index is 10.5. The van der Waals surface area contributed by atoms with Gasteiger partial charge in [-0.05, 0) is 6.92 Å². The number of hydrogen-bond donors (Lipinski definition) is 1. The number of rotatable bonds is 7. The van der Waals surface area contributed by atoms with Crippen LogP contribution in [-0.4, -0.2) is 30.9 Å². The van der Waals surface area contributed by atoms with Crippen LogP contribution < -0.4 is 0 Å². The van der Waals surface area contributed by atoms with Gasteiger partial charge in [-0.15, -0.1) is 9.42 Å². The smallest absolute Gasteiger partial charge is 0.435 e. The van der Waals surface area contributed by atoms with E-state index >= 15 is 0 Å². The standard InChI is InChI=1S/C6H11O6P.C4H10/c1-2-10-6(7)11-4-3-5-12-13(8)9;1-3-4-2/h2-5H2,1H3;3-4H2,1-2H3/p+1. The molecule has 0 aliphatic carbocycles. The van der Waals surface area contributed by atoms with E-state index < -0.39 is 14.4 Å². The van der Waals surface area contributed by atoms with Crippen molar-refractivity contribution < 1.29 is 28.3 Å². The van der Waals surface area contributed by atoms with Gasteiger partial charge in [-0.1, -0.05) is 26.7 Å². The van der Waals surface area contributed by atoms with E-state index in [9.17, 15) is 9.36 Å². The second kappa shape index (κ2) is 15.3. The van der Waals surface area contributed by atoms with Crippen LogP contribution in [0.2, 0.25) is 0 Å². The molecule has 17 heavy (non-hydrogen) atoms. The van der Waals surface area contributed by atoms with Crippen molar-refractivity contribution in [2.75, 3.05) is 19.8 Å². The highest BCUT2D eigenvalue weighted by molar-refractivity contribution is 7.32. The molecule has 0 amide bonds. The fourth-order valence-electron chi connectivity index (χ4n) is 0.517. The Hall–Kier alpha value is -0.710. The first kappa shape index (κ1) is 18.6. The van der Waals surface area contributed by atoms with E-state index in [0.717, 1.165) is 0 Å². The highest BCUT2D eigenvalue weighted by atomic mass is 31.1. The van der Waals surface area contributed by atoms with Gasteiger partial charge in [-0.25, -0.2) is 4.79 Å². The molecule has 7 heteroatoms. The summed E-state index contributed by atoms with van der Waals surface area (Å²) in [4.78, 5) is 18.7. The van der Waals surface area contributed by atoms with Crippen molar-refractivity contribution in [3.63, 3.8) is 0 Å². The van der Waals surface area contributed by atoms with Crippen LogP contribution in [0.15, 0.2) is 0 Å². The Labute approximate surface area is 103 Å². The minimum Gasteiger partial charge on any atom is -0.435 e. The molecule has 0 fully saturated rings. The van der Waals surface area contributed by atoms with Gasteiger partial charge < -0.3 is 9.47 Å². The number of carbonyl (C=O) groups excluding carboxylic acids is 1. The van der Waals surface area contributed by atoms with Crippen molar-refractivity contribution in [3.8, 4) is 0 Å². The van der Waals surface area contributed by atoms with Crippen LogP contribution in [0.4, 0.5) is 4.79 Å². The van der Waals surface area contributed by atoms with Crippen LogP contribution in [0.25, 0.3) is 0 Å². The molecule has 0 aromatic rings. The quantitative estimate of drug-likeness (QED) is 0.434. The highest BCUT2D eigenvalue weighted by Gasteiger charge is 2.10. The minimum atomic E-state index is -2.56. The molecule has 1 unspecified atom stereocenters. The number of ether oxygens (including phenoxy) is 2. The van der Waals surface area contributed by atoms with Gasteiger partial charge in [-0.2, -0.15) is 0 Å². The summed E-state index contributed by atoms with van der Waals surface area (Å²) >= 11 is 0. The molecule has 6 nitrogen and oxygen atoms in total. The van der Waals surface area contributed by atoms with Crippen LogP contribution in [-0.2, 0) is 18.6 Å². The monoisotopic (exact) mass is 269 g/mol. The molecule has 1 atom stereocenters. The van der Waals surface area contributed by atoms with Gasteiger partial charge in [0.05, 0.1) is 13.2 Å². The van der Waals surface area contributed by atoms with E-state index in [1.54, 1.807) is 6.92 Å². The predicted molar refractivity (Wildman–Crippen MR) is 64.0 cm³/mol. The zero-order valence-electron chi connectivity index (χ0n) is 10.7. The lowest BCUT2D eigenvalue weighted by Gasteiger charge is -2.01. The fraction of sp³-hybridized carbons (Fsp3) is 0.900. The van der Waals surface area contributed by atoms with Crippen LogP contribution in [0.1, 0.15) is 40.0 Å². The molecule has 0 saturated heterocycles. The Morgan fingerprint density at radius 1 is 1.12 bits per heavy atom. The lowest BCUT2D eigenvalue weighted by Crippen LogP contribution is -2.08. The Balaban J connectivity index is 0. The van der Waals surface area contributed by atoms with Crippen molar-refractivity contribution in [1.29, 1.82) is 0 Å². The Morgan fingerprint density at radius 2 is 1.71 bits per heavy atom. The molecule has 0 radical (unpaired) electrons. The maximum Gasteiger partial charge on any atom is 0.694 e. The van der Waals surface area contributed by atoms with Crippen molar-refractivity contribution in [2.45, 2.75) is 40.0 Å². The van der Waals surface area contributed by atoms with Crippen molar-refractivity contribution in [1.82, 2.24) is 0 Å². The summed E-state index contributed by atoms with van der Waals surface area (Å²) in [6, 6.07) is 0. The molecular weight excluding hydrogens is 247 g/mol. The predicted octanol–water partition coefficient (Wildman–Crippen LogP) is 3.02. The Morgan fingerprint density at radius 3 is 2.12 bits per heavy atom. The van der Waals surface area contributed by atoms with E-state index in [1.165, 1.54) is 12.8 Å². The average molecular weight is 269 g/mol. The lowest BCUT2D eigenvalue weighted by molar-refractivity contribution is 0.0556. The molecule has 0 aromatic carbocycles. The normalized spacial score (nSPS) is 10.0. The molecule has 102 valence electrons. The first-order valence-corrected chi connectivity index (χ1v) is 6.80. The highest BCUT2D eigenvalue weighted by Crippen LogP contribution is 2.13. The van der Waals surface area contributed by atoms with Crippen molar-refractivity contribution in [2.24, 2.45) is 0 Å². The largest absolute Gasteiger partial charge is 0.694 e. The van der Waals surface area contributed by atoms with E-state index in [4.69, 9.17) is 4.89 Å². The van der Waals surface area contributed by atoms with Gasteiger partial charge in [0, 0.05) is 11.0 Å². The third-order valence-electron chi connectivity index (χ3n) is 1.47. The van der Waals surface area contributed by atoms with Gasteiger partial charge in [0.15, 0.2) is 0 Å². The van der Waals surface area contributed by atoms with Gasteiger partial charge in [0.2, 0.25) is 0 Å². The number of hydrogen-bond acceptors (Lipinski definition) is 5. The zero-order valence-corrected chi connectivity index (χ0v) is 11.6. The molecule has 0 heterocycles. The van der Waals surface area contributed by atoms with E-state index in [0.29, 0.717) is 6.42 Å². The third-order valence-corrected chi connectivity index (χ3v) is 1.88. The topological polar surface area (TPSA) is 82.1 Å². The summed E-state index contributed by atoms with van der Waals surface area (Å²) in [7, 11) is -2.56. The van der Waals surface area contributed by atoms with Crippen molar-refractivity contribution in [3.05, 3.63) is 0 Å². The minimum absolute atomic E-state index is 0.0745. The van der Waals surface area contributed by atoms with Crippen LogP contribution in [0.5, 0.6) is 0 Å². The molecule has 0 spiro atoms. The summed E-state index contributed by atoms with van der Waals surface area (Å²) in [5, 5.41) is 0. The number of unbranched alkanes of at least 4 members (excludes halogenated alkanes) is 1. The summed E-state index contributed by atoms with van der Waals surface area (Å²) in [5.41, 5.74) is 0. The van der Waals surface area contributed by atoms with E-state index in [1.807, 2.05) is 0 Å². The Bertz CT molecular complexity index is 195. The second-order valence-corrected chi connectivity index (χ2v) is 3.69. The first-order valence-electron chi connectivity index (χ1n) is 5.66. The molecule has 0 bridgehead atoms. The second-order valence-electron chi connectivity index (χ2n) is 2.96. The van der Waals surface area contributed by atoms with E-state index in [-0.39, 0.29) is 19.8 Å². The van der Waals surface area contributed by atoms with Crippen LogP contribution in [0, 0.1) is 0 Å². The molecule has 0 aliphatic heterocycles. The van der Waals surface area contributed by atoms with E-state index in [2.05, 4.69) is 27.8 Å². The maximum absolute atomic E-state index is 10.5. The lowest BCUT2D eigenvalue weighted by atomic mass is 10.4. The zero-order chi connectivity index (χ0) is 13.5. The molecular formula is C10H22O6P+. The van der Waals surface area contributed by atoms with Gasteiger partial charge in [0.25, 0.3) is 0 Å². The Kier molecular flexibility index (Phi) is 16.8. The first-order chi connectivity index (χ1) is 8.08. The van der Waals surface area contributed by atoms with Crippen molar-refractivity contribution >= 4 is 14.4 Å². The van der Waals surface area contributed by atoms with Gasteiger partial charge >= 0.3 is 14.4 Å². The third kappa shape index (κ3) is 21.2. The fourth-order valence-corrected chi connectivity index (χ4v) is 0.802. The van der Waals surface area contributed by atoms with Gasteiger partial charge in [0.1, 0.15) is 6.61 Å². The summed E-state index contributed by atoms with van der Waals surface area (Å²) in [5.74, 6) is 0. The van der Waals surface area contributed by atoms with Crippen LogP contribution >= 0.6 is 8.25 Å². The van der Waals surface area contributed by atoms with Crippen LogP contribution in [0.3, 0.4) is 0 Å². The molecule has 0 aromatic heterocycles. The molecule has 0 aliphatic rings.